The Balaban J connectivity index is 2.06. The molecule has 0 spiro atoms. The van der Waals surface area contributed by atoms with Crippen molar-refractivity contribution in [3.8, 4) is 0 Å². The standard InChI is InChI=1S/C11H10OS2/c12-14(11-7-4-8-13-11)9-10-5-2-1-3-6-10/h1-8H,9H2. The summed E-state index contributed by atoms with van der Waals surface area (Å²) >= 11 is 0.665. The molecule has 0 saturated carbocycles. The number of hydrogen-bond acceptors (Lipinski definition) is 2. The van der Waals surface area contributed by atoms with Gasteiger partial charge in [-0.15, -0.1) is 0 Å². The van der Waals surface area contributed by atoms with Crippen LogP contribution in [0.4, 0.5) is 0 Å². The fourth-order valence-corrected chi connectivity index (χ4v) is 3.28. The van der Waals surface area contributed by atoms with Crippen LogP contribution in [0.15, 0.2) is 52.1 Å². The van der Waals surface area contributed by atoms with Crippen molar-refractivity contribution in [3.63, 3.8) is 0 Å². The van der Waals surface area contributed by atoms with E-state index in [1.807, 2.05) is 47.8 Å². The minimum absolute atomic E-state index is 0.612. The number of benzene rings is 1. The summed E-state index contributed by atoms with van der Waals surface area (Å²) in [6.07, 6.45) is 0. The lowest BCUT2D eigenvalue weighted by atomic mass is 10.2. The highest BCUT2D eigenvalue weighted by Crippen LogP contribution is 2.20. The Labute approximate surface area is 90.6 Å². The van der Waals surface area contributed by atoms with Crippen molar-refractivity contribution in [1.82, 2.24) is 0 Å². The van der Waals surface area contributed by atoms with Crippen molar-refractivity contribution >= 4 is 22.5 Å². The Kier molecular flexibility index (Phi) is 3.24. The zero-order chi connectivity index (χ0) is 9.80. The molecule has 3 heteroatoms. The number of hydrogen-bond donors (Lipinski definition) is 0. The normalized spacial score (nSPS) is 12.6. The third kappa shape index (κ3) is 2.38. The second-order valence-electron chi connectivity index (χ2n) is 2.91. The highest BCUT2D eigenvalue weighted by atomic mass is 32.2. The molecule has 0 amide bonds. The van der Waals surface area contributed by atoms with Gasteiger partial charge < -0.3 is 4.55 Å². The van der Waals surface area contributed by atoms with Crippen LogP contribution in [0.5, 0.6) is 0 Å². The molecule has 0 aliphatic heterocycles. The molecule has 2 aromatic rings. The summed E-state index contributed by atoms with van der Waals surface area (Å²) in [7, 11) is 0. The van der Waals surface area contributed by atoms with Crippen molar-refractivity contribution in [3.05, 3.63) is 53.4 Å². The van der Waals surface area contributed by atoms with Crippen LogP contribution in [0.2, 0.25) is 0 Å². The molecule has 1 atom stereocenters. The Morgan fingerprint density at radius 1 is 1.07 bits per heavy atom. The Hall–Kier alpha value is -0.770. The molecule has 0 bridgehead atoms. The topological polar surface area (TPSA) is 23.1 Å². The maximum absolute atomic E-state index is 11.8. The maximum Gasteiger partial charge on any atom is 0.206 e. The fourth-order valence-electron chi connectivity index (χ4n) is 1.19. The summed E-state index contributed by atoms with van der Waals surface area (Å²) in [5, 5.41) is 1.96. The first-order chi connectivity index (χ1) is 6.86. The molecule has 1 heterocycles. The highest BCUT2D eigenvalue weighted by molar-refractivity contribution is 7.92. The molecule has 0 fully saturated rings. The average molecular weight is 222 g/mol. The molecule has 0 saturated heterocycles. The zero-order valence-electron chi connectivity index (χ0n) is 7.55. The molecule has 0 N–H and O–H groups in total. The van der Waals surface area contributed by atoms with Gasteiger partial charge in [-0.05, 0) is 11.4 Å². The first-order valence-corrected chi connectivity index (χ1v) is 6.52. The summed E-state index contributed by atoms with van der Waals surface area (Å²) in [6.45, 7) is 0. The molecular weight excluding hydrogens is 212 g/mol. The lowest BCUT2D eigenvalue weighted by Gasteiger charge is -2.07. The summed E-state index contributed by atoms with van der Waals surface area (Å²) in [5.74, 6) is 0.612. The van der Waals surface area contributed by atoms with E-state index >= 15 is 0 Å². The van der Waals surface area contributed by atoms with E-state index in [4.69, 9.17) is 0 Å². The Bertz CT molecular complexity index is 369. The van der Waals surface area contributed by atoms with Gasteiger partial charge in [-0.3, -0.25) is 0 Å². The molecule has 0 aliphatic carbocycles. The predicted molar refractivity (Wildman–Crippen MR) is 60.9 cm³/mol. The second kappa shape index (κ2) is 4.64. The van der Waals surface area contributed by atoms with Gasteiger partial charge in [0.15, 0.2) is 0 Å². The molecule has 2 rings (SSSR count). The van der Waals surface area contributed by atoms with E-state index in [9.17, 15) is 4.55 Å². The minimum atomic E-state index is -0.885. The van der Waals surface area contributed by atoms with Crippen molar-refractivity contribution in [2.24, 2.45) is 0 Å². The van der Waals surface area contributed by atoms with Crippen LogP contribution >= 0.6 is 11.3 Å². The molecule has 1 aromatic heterocycles. The van der Waals surface area contributed by atoms with E-state index in [2.05, 4.69) is 0 Å². The van der Waals surface area contributed by atoms with Gasteiger partial charge in [0.05, 0.1) is 0 Å². The third-order valence-electron chi connectivity index (χ3n) is 1.86. The van der Waals surface area contributed by atoms with E-state index in [0.29, 0.717) is 5.75 Å². The molecule has 72 valence electrons. The van der Waals surface area contributed by atoms with E-state index < -0.39 is 11.2 Å². The number of thiophene rings is 1. The van der Waals surface area contributed by atoms with E-state index in [0.717, 1.165) is 9.77 Å². The maximum atomic E-state index is 11.8. The average Bonchev–Trinajstić information content (AvgIpc) is 2.72. The number of rotatable bonds is 3. The molecular formula is C11H10OS2. The molecule has 0 radical (unpaired) electrons. The zero-order valence-corrected chi connectivity index (χ0v) is 9.18. The molecule has 14 heavy (non-hydrogen) atoms. The quantitative estimate of drug-likeness (QED) is 0.732. The van der Waals surface area contributed by atoms with Crippen molar-refractivity contribution in [2.75, 3.05) is 0 Å². The van der Waals surface area contributed by atoms with Gasteiger partial charge in [0.1, 0.15) is 5.75 Å². The van der Waals surface area contributed by atoms with Gasteiger partial charge in [0, 0.05) is 22.8 Å². The van der Waals surface area contributed by atoms with Gasteiger partial charge in [-0.2, -0.15) is 0 Å². The first-order valence-electron chi connectivity index (χ1n) is 4.32. The summed E-state index contributed by atoms with van der Waals surface area (Å²) in [5.41, 5.74) is 1.12. The van der Waals surface area contributed by atoms with Crippen LogP contribution in [0.3, 0.4) is 0 Å². The highest BCUT2D eigenvalue weighted by Gasteiger charge is 2.11. The Morgan fingerprint density at radius 3 is 2.50 bits per heavy atom. The SMILES string of the molecule is [O-][S+](Cc1ccccc1)c1cccs1. The fraction of sp³-hybridized carbons (Fsp3) is 0.0909. The van der Waals surface area contributed by atoms with Crippen LogP contribution in [-0.4, -0.2) is 4.55 Å². The van der Waals surface area contributed by atoms with Crippen molar-refractivity contribution < 1.29 is 4.55 Å². The lowest BCUT2D eigenvalue weighted by molar-refractivity contribution is 0.596. The van der Waals surface area contributed by atoms with Crippen molar-refractivity contribution in [2.45, 2.75) is 9.96 Å². The monoisotopic (exact) mass is 222 g/mol. The largest absolute Gasteiger partial charge is 0.611 e. The second-order valence-corrected chi connectivity index (χ2v) is 5.53. The van der Waals surface area contributed by atoms with Gasteiger partial charge in [0.25, 0.3) is 0 Å². The predicted octanol–water partition coefficient (Wildman–Crippen LogP) is 3.06. The molecule has 1 aromatic carbocycles. The molecule has 1 unspecified atom stereocenters. The minimum Gasteiger partial charge on any atom is -0.611 e. The smallest absolute Gasteiger partial charge is 0.206 e. The van der Waals surface area contributed by atoms with E-state index in [1.54, 1.807) is 11.3 Å². The van der Waals surface area contributed by atoms with Gasteiger partial charge in [-0.25, -0.2) is 0 Å². The van der Waals surface area contributed by atoms with Crippen molar-refractivity contribution in [1.29, 1.82) is 0 Å². The van der Waals surface area contributed by atoms with E-state index in [-0.39, 0.29) is 0 Å². The molecule has 1 nitrogen and oxygen atoms in total. The third-order valence-corrected chi connectivity index (χ3v) is 4.55. The van der Waals surface area contributed by atoms with Crippen LogP contribution in [-0.2, 0) is 16.9 Å². The summed E-state index contributed by atoms with van der Waals surface area (Å²) < 4.78 is 12.7. The van der Waals surface area contributed by atoms with Crippen LogP contribution in [0.1, 0.15) is 5.56 Å². The van der Waals surface area contributed by atoms with Gasteiger partial charge in [0.2, 0.25) is 4.21 Å². The van der Waals surface area contributed by atoms with Crippen LogP contribution in [0.25, 0.3) is 0 Å². The van der Waals surface area contributed by atoms with E-state index in [1.165, 1.54) is 0 Å². The van der Waals surface area contributed by atoms with Crippen LogP contribution in [0, 0.1) is 0 Å². The lowest BCUT2D eigenvalue weighted by Crippen LogP contribution is -2.02. The molecule has 0 aliphatic rings. The van der Waals surface area contributed by atoms with Gasteiger partial charge >= 0.3 is 0 Å². The Morgan fingerprint density at radius 2 is 1.86 bits per heavy atom. The summed E-state index contributed by atoms with van der Waals surface area (Å²) in [6, 6.07) is 13.8. The van der Waals surface area contributed by atoms with Crippen LogP contribution < -0.4 is 0 Å². The van der Waals surface area contributed by atoms with Gasteiger partial charge in [-0.1, -0.05) is 41.7 Å². The first kappa shape index (κ1) is 9.77. The summed E-state index contributed by atoms with van der Waals surface area (Å²) in [4.78, 5) is 0.